The van der Waals surface area contributed by atoms with Gasteiger partial charge >= 0.3 is 0 Å². The van der Waals surface area contributed by atoms with Crippen LogP contribution in [-0.2, 0) is 6.42 Å². The van der Waals surface area contributed by atoms with Crippen LogP contribution in [0.25, 0.3) is 0 Å². The van der Waals surface area contributed by atoms with Crippen LogP contribution in [0.4, 0.5) is 5.82 Å². The van der Waals surface area contributed by atoms with E-state index in [2.05, 4.69) is 10.3 Å². The lowest BCUT2D eigenvalue weighted by Gasteiger charge is -2.06. The third-order valence-electron chi connectivity index (χ3n) is 3.46. The highest BCUT2D eigenvalue weighted by Gasteiger charge is 2.04. The maximum absolute atomic E-state index is 11.9. The molecule has 0 aliphatic rings. The number of nitrogen functional groups attached to an aromatic ring is 1. The van der Waals surface area contributed by atoms with E-state index < -0.39 is 0 Å². The van der Waals surface area contributed by atoms with Gasteiger partial charge in [0.1, 0.15) is 5.82 Å². The number of pyridine rings is 1. The van der Waals surface area contributed by atoms with Crippen LogP contribution in [0, 0.1) is 18.3 Å². The lowest BCUT2D eigenvalue weighted by atomic mass is 10.1. The Morgan fingerprint density at radius 2 is 2.00 bits per heavy atom. The summed E-state index contributed by atoms with van der Waals surface area (Å²) in [5.41, 5.74) is 8.94. The lowest BCUT2D eigenvalue weighted by Crippen LogP contribution is -2.24. The summed E-state index contributed by atoms with van der Waals surface area (Å²) in [4.78, 5) is 16.2. The molecule has 118 valence electrons. The van der Waals surface area contributed by atoms with Crippen molar-refractivity contribution in [3.63, 3.8) is 0 Å². The average Bonchev–Trinajstić information content (AvgIpc) is 2.53. The second-order valence-corrected chi connectivity index (χ2v) is 5.46. The summed E-state index contributed by atoms with van der Waals surface area (Å²) < 4.78 is 0. The number of rotatable bonds is 6. The minimum absolute atomic E-state index is 0.118. The van der Waals surface area contributed by atoms with Crippen molar-refractivity contribution >= 4 is 11.7 Å². The number of benzene rings is 1. The number of carbonyl (C=O) groups is 1. The Balaban J connectivity index is 1.72. The molecule has 23 heavy (non-hydrogen) atoms. The first kappa shape index (κ1) is 16.5. The standard InChI is InChI=1S/C18H20N4O/c1-13-10-16(22-17(20)11-13)4-2-3-9-21-18(23)15-7-5-14(12-19)6-8-15/h5-8,10-11H,2-4,9H2,1H3,(H2,20,22)(H,21,23). The second-order valence-electron chi connectivity index (χ2n) is 5.46. The van der Waals surface area contributed by atoms with Gasteiger partial charge in [0.25, 0.3) is 5.91 Å². The number of amides is 1. The van der Waals surface area contributed by atoms with Gasteiger partial charge in [-0.05, 0) is 68.1 Å². The number of nitrogens with one attached hydrogen (secondary N) is 1. The number of nitrogens with two attached hydrogens (primary N) is 1. The van der Waals surface area contributed by atoms with Crippen molar-refractivity contribution in [2.75, 3.05) is 12.3 Å². The molecule has 0 unspecified atom stereocenters. The summed E-state index contributed by atoms with van der Waals surface area (Å²) in [7, 11) is 0. The largest absolute Gasteiger partial charge is 0.384 e. The van der Waals surface area contributed by atoms with Gasteiger partial charge in [0.2, 0.25) is 0 Å². The highest BCUT2D eigenvalue weighted by Crippen LogP contribution is 2.09. The predicted molar refractivity (Wildman–Crippen MR) is 89.8 cm³/mol. The van der Waals surface area contributed by atoms with E-state index in [1.54, 1.807) is 24.3 Å². The molecule has 0 aliphatic carbocycles. The van der Waals surface area contributed by atoms with E-state index in [9.17, 15) is 4.79 Å². The Bertz CT molecular complexity index is 697. The molecule has 3 N–H and O–H groups in total. The Morgan fingerprint density at radius 3 is 2.65 bits per heavy atom. The van der Waals surface area contributed by atoms with E-state index in [-0.39, 0.29) is 5.91 Å². The molecule has 1 heterocycles. The van der Waals surface area contributed by atoms with Gasteiger partial charge in [-0.1, -0.05) is 0 Å². The summed E-state index contributed by atoms with van der Waals surface area (Å²) in [6.07, 6.45) is 2.65. The summed E-state index contributed by atoms with van der Waals surface area (Å²) in [6.45, 7) is 2.61. The number of hydrogen-bond donors (Lipinski definition) is 2. The van der Waals surface area contributed by atoms with Gasteiger partial charge in [0.15, 0.2) is 0 Å². The molecule has 2 rings (SSSR count). The third kappa shape index (κ3) is 5.11. The van der Waals surface area contributed by atoms with Crippen LogP contribution in [-0.4, -0.2) is 17.4 Å². The van der Waals surface area contributed by atoms with E-state index in [1.807, 2.05) is 25.1 Å². The minimum atomic E-state index is -0.118. The van der Waals surface area contributed by atoms with Gasteiger partial charge in [0, 0.05) is 17.8 Å². The maximum atomic E-state index is 11.9. The van der Waals surface area contributed by atoms with Crippen molar-refractivity contribution < 1.29 is 4.79 Å². The first-order valence-electron chi connectivity index (χ1n) is 7.60. The van der Waals surface area contributed by atoms with E-state index in [0.717, 1.165) is 30.5 Å². The molecule has 5 nitrogen and oxygen atoms in total. The summed E-state index contributed by atoms with van der Waals surface area (Å²) in [6, 6.07) is 12.5. The van der Waals surface area contributed by atoms with Crippen molar-refractivity contribution in [1.82, 2.24) is 10.3 Å². The van der Waals surface area contributed by atoms with Gasteiger partial charge in [0.05, 0.1) is 11.6 Å². The van der Waals surface area contributed by atoms with Crippen LogP contribution < -0.4 is 11.1 Å². The van der Waals surface area contributed by atoms with Crippen LogP contribution in [0.15, 0.2) is 36.4 Å². The fourth-order valence-electron chi connectivity index (χ4n) is 2.33. The number of nitrogens with zero attached hydrogens (tertiary/aromatic N) is 2. The van der Waals surface area contributed by atoms with Gasteiger partial charge < -0.3 is 11.1 Å². The number of aryl methyl sites for hydroxylation is 2. The average molecular weight is 308 g/mol. The SMILES string of the molecule is Cc1cc(N)nc(CCCCNC(=O)c2ccc(C#N)cc2)c1. The topological polar surface area (TPSA) is 91.8 Å². The molecule has 0 atom stereocenters. The van der Waals surface area contributed by atoms with Gasteiger partial charge in [-0.3, -0.25) is 4.79 Å². The number of aromatic nitrogens is 1. The van der Waals surface area contributed by atoms with Crippen LogP contribution >= 0.6 is 0 Å². The smallest absolute Gasteiger partial charge is 0.251 e. The molecule has 1 aromatic carbocycles. The molecule has 1 aromatic heterocycles. The zero-order chi connectivity index (χ0) is 16.7. The van der Waals surface area contributed by atoms with Crippen molar-refractivity contribution in [3.8, 4) is 6.07 Å². The van der Waals surface area contributed by atoms with Gasteiger partial charge in [-0.15, -0.1) is 0 Å². The van der Waals surface area contributed by atoms with Crippen molar-refractivity contribution in [2.45, 2.75) is 26.2 Å². The Kier molecular flexibility index (Phi) is 5.70. The molecule has 1 amide bonds. The zero-order valence-corrected chi connectivity index (χ0v) is 13.2. The third-order valence-corrected chi connectivity index (χ3v) is 3.46. The molecule has 5 heteroatoms. The molecular weight excluding hydrogens is 288 g/mol. The molecule has 0 fully saturated rings. The number of unbranched alkanes of at least 4 members (excludes halogenated alkanes) is 1. The Hall–Kier alpha value is -2.87. The molecule has 0 saturated heterocycles. The molecular formula is C18H20N4O. The molecule has 0 aliphatic heterocycles. The zero-order valence-electron chi connectivity index (χ0n) is 13.2. The second kappa shape index (κ2) is 7.95. The highest BCUT2D eigenvalue weighted by molar-refractivity contribution is 5.94. The maximum Gasteiger partial charge on any atom is 0.251 e. The fraction of sp³-hybridized carbons (Fsp3) is 0.278. The highest BCUT2D eigenvalue weighted by atomic mass is 16.1. The number of nitriles is 1. The van der Waals surface area contributed by atoms with E-state index in [1.165, 1.54) is 0 Å². The Labute approximate surface area is 136 Å². The monoisotopic (exact) mass is 308 g/mol. The van der Waals surface area contributed by atoms with Crippen LogP contribution in [0.2, 0.25) is 0 Å². The molecule has 2 aromatic rings. The van der Waals surface area contributed by atoms with Gasteiger partial charge in [-0.2, -0.15) is 5.26 Å². The van der Waals surface area contributed by atoms with Gasteiger partial charge in [-0.25, -0.2) is 4.98 Å². The molecule has 0 bridgehead atoms. The van der Waals surface area contributed by atoms with Crippen LogP contribution in [0.1, 0.15) is 40.0 Å². The Morgan fingerprint density at radius 1 is 1.26 bits per heavy atom. The van der Waals surface area contributed by atoms with Crippen LogP contribution in [0.3, 0.4) is 0 Å². The predicted octanol–water partition coefficient (Wildman–Crippen LogP) is 2.60. The normalized spacial score (nSPS) is 10.1. The quantitative estimate of drug-likeness (QED) is 0.802. The lowest BCUT2D eigenvalue weighted by molar-refractivity contribution is 0.0953. The fourth-order valence-corrected chi connectivity index (χ4v) is 2.33. The van der Waals surface area contributed by atoms with Crippen molar-refractivity contribution in [1.29, 1.82) is 5.26 Å². The number of hydrogen-bond acceptors (Lipinski definition) is 4. The first-order chi connectivity index (χ1) is 11.1. The minimum Gasteiger partial charge on any atom is -0.384 e. The van der Waals surface area contributed by atoms with E-state index >= 15 is 0 Å². The van der Waals surface area contributed by atoms with Crippen molar-refractivity contribution in [3.05, 3.63) is 58.8 Å². The number of anilines is 1. The molecule has 0 saturated carbocycles. The van der Waals surface area contributed by atoms with E-state index in [4.69, 9.17) is 11.0 Å². The summed E-state index contributed by atoms with van der Waals surface area (Å²) in [5, 5.41) is 11.6. The first-order valence-corrected chi connectivity index (χ1v) is 7.60. The van der Waals surface area contributed by atoms with Crippen LogP contribution in [0.5, 0.6) is 0 Å². The number of carbonyl (C=O) groups excluding carboxylic acids is 1. The summed E-state index contributed by atoms with van der Waals surface area (Å²) >= 11 is 0. The van der Waals surface area contributed by atoms with E-state index in [0.29, 0.717) is 23.5 Å². The molecule has 0 radical (unpaired) electrons. The molecule has 0 spiro atoms. The van der Waals surface area contributed by atoms with Crippen molar-refractivity contribution in [2.24, 2.45) is 0 Å². The summed E-state index contributed by atoms with van der Waals surface area (Å²) in [5.74, 6) is 0.432.